The van der Waals surface area contributed by atoms with Crippen LogP contribution in [-0.4, -0.2) is 39.9 Å². The van der Waals surface area contributed by atoms with Gasteiger partial charge in [0.15, 0.2) is 11.5 Å². The lowest BCUT2D eigenvalue weighted by Crippen LogP contribution is -2.43. The molecule has 124 valence electrons. The zero-order valence-electron chi connectivity index (χ0n) is 13.0. The van der Waals surface area contributed by atoms with E-state index in [0.717, 1.165) is 25.9 Å². The molecule has 0 bridgehead atoms. The van der Waals surface area contributed by atoms with E-state index in [1.54, 1.807) is 6.20 Å². The summed E-state index contributed by atoms with van der Waals surface area (Å²) in [7, 11) is 0. The molecule has 1 unspecified atom stereocenters. The number of hydrogen-bond donors (Lipinski definition) is 4. The van der Waals surface area contributed by atoms with Crippen LogP contribution in [-0.2, 0) is 0 Å². The number of nitrogens with two attached hydrogens (primary N) is 2. The molecule has 0 aromatic carbocycles. The molecule has 1 fully saturated rings. The maximum Gasteiger partial charge on any atom is 0.271 e. The largest absolute Gasteiger partial charge is 0.364 e. The first-order valence-corrected chi connectivity index (χ1v) is 8.35. The number of nitrogens with zero attached hydrogens (tertiary/aromatic N) is 3. The van der Waals surface area contributed by atoms with Crippen molar-refractivity contribution in [2.75, 3.05) is 23.3 Å². The van der Waals surface area contributed by atoms with Gasteiger partial charge in [0.2, 0.25) is 0 Å². The second kappa shape index (κ2) is 6.25. The predicted octanol–water partition coefficient (Wildman–Crippen LogP) is 0.396. The van der Waals surface area contributed by atoms with Gasteiger partial charge in [0, 0.05) is 25.3 Å². The highest BCUT2D eigenvalue weighted by Gasteiger charge is 2.29. The van der Waals surface area contributed by atoms with Crippen LogP contribution in [0.25, 0.3) is 0 Å². The minimum atomic E-state index is -0.606. The molecule has 23 heavy (non-hydrogen) atoms. The first kappa shape index (κ1) is 15.9. The van der Waals surface area contributed by atoms with Crippen LogP contribution in [0.2, 0.25) is 0 Å². The Labute approximate surface area is 139 Å². The van der Waals surface area contributed by atoms with Gasteiger partial charge in [-0.25, -0.2) is 9.97 Å². The van der Waals surface area contributed by atoms with Crippen LogP contribution in [0.1, 0.15) is 30.3 Å². The lowest BCUT2D eigenvalue weighted by Gasteiger charge is -2.32. The number of aromatic nitrogens is 2. The molecule has 0 spiro atoms. The monoisotopic (exact) mass is 335 g/mol. The van der Waals surface area contributed by atoms with Crippen molar-refractivity contribution in [1.82, 2.24) is 14.7 Å². The second-order valence-electron chi connectivity index (χ2n) is 5.92. The van der Waals surface area contributed by atoms with Gasteiger partial charge in [0.05, 0.1) is 6.20 Å². The molecule has 2 atom stereocenters. The summed E-state index contributed by atoms with van der Waals surface area (Å²) >= 11 is 1.48. The van der Waals surface area contributed by atoms with Gasteiger partial charge < -0.3 is 26.4 Å². The maximum atomic E-state index is 11.6. The predicted molar refractivity (Wildman–Crippen MR) is 91.9 cm³/mol. The Balaban J connectivity index is 1.90. The van der Waals surface area contributed by atoms with Gasteiger partial charge in [-0.15, -0.1) is 0 Å². The van der Waals surface area contributed by atoms with Crippen LogP contribution in [0.15, 0.2) is 18.5 Å². The average Bonchev–Trinajstić information content (AvgIpc) is 2.93. The number of piperidine rings is 1. The van der Waals surface area contributed by atoms with Crippen molar-refractivity contribution in [1.29, 1.82) is 0 Å². The fourth-order valence-electron chi connectivity index (χ4n) is 2.70. The molecule has 0 aliphatic carbocycles. The highest BCUT2D eigenvalue weighted by molar-refractivity contribution is 7.99. The Morgan fingerprint density at radius 2 is 2.43 bits per heavy atom. The Hall–Kier alpha value is -2.00. The highest BCUT2D eigenvalue weighted by Crippen LogP contribution is 2.31. The minimum absolute atomic E-state index is 0.132. The van der Waals surface area contributed by atoms with Gasteiger partial charge in [-0.05, 0) is 37.8 Å². The van der Waals surface area contributed by atoms with E-state index in [1.165, 1.54) is 11.9 Å². The smallest absolute Gasteiger partial charge is 0.271 e. The molecule has 1 aromatic rings. The van der Waals surface area contributed by atoms with Crippen molar-refractivity contribution >= 4 is 29.5 Å². The Bertz CT molecular complexity index is 638. The first-order chi connectivity index (χ1) is 11.0. The van der Waals surface area contributed by atoms with Crippen molar-refractivity contribution in [3.63, 3.8) is 0 Å². The van der Waals surface area contributed by atoms with E-state index in [2.05, 4.69) is 24.9 Å². The third kappa shape index (κ3) is 3.50. The van der Waals surface area contributed by atoms with E-state index in [0.29, 0.717) is 11.6 Å². The summed E-state index contributed by atoms with van der Waals surface area (Å²) in [5, 5.41) is 3.24. The van der Waals surface area contributed by atoms with Crippen LogP contribution in [0.3, 0.4) is 0 Å². The summed E-state index contributed by atoms with van der Waals surface area (Å²) < 4.78 is 3.05. The van der Waals surface area contributed by atoms with Crippen molar-refractivity contribution in [3.8, 4) is 0 Å². The third-order valence-corrected chi connectivity index (χ3v) is 4.80. The Morgan fingerprint density at radius 1 is 1.61 bits per heavy atom. The van der Waals surface area contributed by atoms with Crippen LogP contribution >= 0.6 is 11.9 Å². The molecule has 3 heterocycles. The van der Waals surface area contributed by atoms with Gasteiger partial charge >= 0.3 is 0 Å². The summed E-state index contributed by atoms with van der Waals surface area (Å²) in [6, 6.07) is 0.132. The normalized spacial score (nSPS) is 26.9. The highest BCUT2D eigenvalue weighted by atomic mass is 32.2. The Kier molecular flexibility index (Phi) is 4.31. The maximum absolute atomic E-state index is 11.6. The summed E-state index contributed by atoms with van der Waals surface area (Å²) in [5.74, 6) is 0.485. The molecule has 6 N–H and O–H groups in total. The zero-order chi connectivity index (χ0) is 16.4. The number of rotatable bonds is 4. The van der Waals surface area contributed by atoms with E-state index >= 15 is 0 Å². The molecule has 0 saturated carbocycles. The molecule has 2 aliphatic heterocycles. The fourth-order valence-corrected chi connectivity index (χ4v) is 3.37. The molecule has 3 rings (SSSR count). The molecule has 1 aromatic heterocycles. The standard InChI is InChI=1S/C14H21N7OS/c1-14(4-5-18-23-14)20-13-11(12(16)22)17-7-10(19-13)21-6-2-3-9(15)8-21/h4-5,7,9,18H,2-3,6,8,15H2,1H3,(H2,16,22)(H,19,20)/t9-,14?/m1/s1. The number of amides is 1. The third-order valence-electron chi connectivity index (χ3n) is 3.88. The fraction of sp³-hybridized carbons (Fsp3) is 0.500. The van der Waals surface area contributed by atoms with E-state index in [9.17, 15) is 4.79 Å². The van der Waals surface area contributed by atoms with Crippen LogP contribution in [0, 0.1) is 0 Å². The molecule has 1 saturated heterocycles. The van der Waals surface area contributed by atoms with Crippen LogP contribution in [0.5, 0.6) is 0 Å². The van der Waals surface area contributed by atoms with E-state index in [1.807, 2.05) is 19.2 Å². The SMILES string of the molecule is CC1(Nc2nc(N3CCC[C@@H](N)C3)cnc2C(N)=O)C=CNS1. The second-order valence-corrected chi connectivity index (χ2v) is 7.21. The summed E-state index contributed by atoms with van der Waals surface area (Å²) in [4.78, 5) is 22.1. The molecule has 2 aliphatic rings. The van der Waals surface area contributed by atoms with Crippen molar-refractivity contribution in [2.24, 2.45) is 11.5 Å². The number of hydrogen-bond acceptors (Lipinski definition) is 8. The van der Waals surface area contributed by atoms with Crippen molar-refractivity contribution < 1.29 is 4.79 Å². The quantitative estimate of drug-likeness (QED) is 0.583. The Morgan fingerprint density at radius 3 is 3.09 bits per heavy atom. The van der Waals surface area contributed by atoms with Gasteiger partial charge in [0.25, 0.3) is 5.91 Å². The van der Waals surface area contributed by atoms with E-state index < -0.39 is 10.8 Å². The van der Waals surface area contributed by atoms with Gasteiger partial charge in [0.1, 0.15) is 10.7 Å². The lowest BCUT2D eigenvalue weighted by atomic mass is 10.1. The lowest BCUT2D eigenvalue weighted by molar-refractivity contribution is 0.0996. The summed E-state index contributed by atoms with van der Waals surface area (Å²) in [6.45, 7) is 3.59. The number of nitrogens with one attached hydrogen (secondary N) is 2. The topological polar surface area (TPSA) is 122 Å². The molecule has 0 radical (unpaired) electrons. The first-order valence-electron chi connectivity index (χ1n) is 7.54. The summed E-state index contributed by atoms with van der Waals surface area (Å²) in [5.41, 5.74) is 11.6. The zero-order valence-corrected chi connectivity index (χ0v) is 13.8. The molecule has 8 nitrogen and oxygen atoms in total. The molecular weight excluding hydrogens is 314 g/mol. The van der Waals surface area contributed by atoms with Crippen LogP contribution < -0.4 is 26.4 Å². The molecule has 9 heteroatoms. The average molecular weight is 335 g/mol. The van der Waals surface area contributed by atoms with E-state index in [-0.39, 0.29) is 11.7 Å². The van der Waals surface area contributed by atoms with Gasteiger partial charge in [-0.1, -0.05) is 0 Å². The van der Waals surface area contributed by atoms with E-state index in [4.69, 9.17) is 11.5 Å². The minimum Gasteiger partial charge on any atom is -0.364 e. The van der Waals surface area contributed by atoms with Crippen molar-refractivity contribution in [3.05, 3.63) is 24.2 Å². The summed E-state index contributed by atoms with van der Waals surface area (Å²) in [6.07, 6.45) is 7.40. The number of primary amides is 1. The number of carbonyl (C=O) groups excluding carboxylic acids is 1. The van der Waals surface area contributed by atoms with Crippen molar-refractivity contribution in [2.45, 2.75) is 30.7 Å². The van der Waals surface area contributed by atoms with Crippen LogP contribution in [0.4, 0.5) is 11.6 Å². The number of carbonyl (C=O) groups is 1. The number of anilines is 2. The van der Waals surface area contributed by atoms with Gasteiger partial charge in [-0.2, -0.15) is 0 Å². The van der Waals surface area contributed by atoms with Gasteiger partial charge in [-0.3, -0.25) is 4.79 Å². The molecule has 1 amide bonds. The molecular formula is C14H21N7OS.